The van der Waals surface area contributed by atoms with Crippen LogP contribution in [0, 0.1) is 12.8 Å². The molecular formula is C38H47N3O6. The Balaban J connectivity index is 1.44. The summed E-state index contributed by atoms with van der Waals surface area (Å²) in [5, 5.41) is 5.96. The highest BCUT2D eigenvalue weighted by molar-refractivity contribution is 6.43. The van der Waals surface area contributed by atoms with Gasteiger partial charge in [-0.25, -0.2) is 0 Å². The lowest BCUT2D eigenvalue weighted by molar-refractivity contribution is -0.146. The third-order valence-corrected chi connectivity index (χ3v) is 8.69. The summed E-state index contributed by atoms with van der Waals surface area (Å²) in [5.74, 6) is -2.25. The van der Waals surface area contributed by atoms with E-state index in [4.69, 9.17) is 9.47 Å². The molecule has 0 saturated carbocycles. The first-order valence-electron chi connectivity index (χ1n) is 16.5. The number of amides is 3. The molecule has 3 aromatic rings. The van der Waals surface area contributed by atoms with Gasteiger partial charge < -0.3 is 25.0 Å². The number of piperidine rings is 1. The third kappa shape index (κ3) is 9.67. The van der Waals surface area contributed by atoms with E-state index < -0.39 is 29.6 Å². The van der Waals surface area contributed by atoms with Crippen molar-refractivity contribution >= 4 is 23.5 Å². The van der Waals surface area contributed by atoms with Crippen molar-refractivity contribution in [3.63, 3.8) is 0 Å². The largest absolute Gasteiger partial charge is 0.493 e. The van der Waals surface area contributed by atoms with Crippen molar-refractivity contribution in [3.8, 4) is 11.5 Å². The van der Waals surface area contributed by atoms with Crippen LogP contribution in [0.5, 0.6) is 11.5 Å². The number of Topliss-reactive ketones (excluding diaryl/α,β-unsaturated/α-hetero) is 1. The average Bonchev–Trinajstić information content (AvgIpc) is 3.10. The summed E-state index contributed by atoms with van der Waals surface area (Å²) in [6.45, 7) is 2.83. The number of nitrogens with zero attached hydrogens (tertiary/aromatic N) is 1. The highest BCUT2D eigenvalue weighted by atomic mass is 16.5. The number of carbonyl (C=O) groups is 4. The molecule has 1 aliphatic heterocycles. The van der Waals surface area contributed by atoms with E-state index in [0.29, 0.717) is 43.0 Å². The second kappa shape index (κ2) is 17.9. The van der Waals surface area contributed by atoms with Crippen molar-refractivity contribution in [2.45, 2.75) is 64.3 Å². The maximum Gasteiger partial charge on any atom is 0.295 e. The first-order chi connectivity index (χ1) is 22.8. The van der Waals surface area contributed by atoms with Crippen molar-refractivity contribution in [2.24, 2.45) is 5.92 Å². The summed E-state index contributed by atoms with van der Waals surface area (Å²) in [5.41, 5.74) is 3.24. The number of hydrogen-bond donors (Lipinski definition) is 2. The van der Waals surface area contributed by atoms with Crippen LogP contribution < -0.4 is 20.1 Å². The van der Waals surface area contributed by atoms with Gasteiger partial charge in [-0.15, -0.1) is 0 Å². The number of aryl methyl sites for hydroxylation is 3. The van der Waals surface area contributed by atoms with Crippen LogP contribution in [0.4, 0.5) is 0 Å². The van der Waals surface area contributed by atoms with Crippen LogP contribution in [0.1, 0.15) is 65.6 Å². The van der Waals surface area contributed by atoms with E-state index in [-0.39, 0.29) is 18.0 Å². The number of nitrogens with one attached hydrogen (secondary N) is 2. The summed E-state index contributed by atoms with van der Waals surface area (Å²) in [6.07, 6.45) is 6.04. The molecule has 1 saturated heterocycles. The maximum atomic E-state index is 13.8. The van der Waals surface area contributed by atoms with E-state index in [2.05, 4.69) is 34.9 Å². The van der Waals surface area contributed by atoms with Crippen molar-refractivity contribution in [1.82, 2.24) is 15.5 Å². The Morgan fingerprint density at radius 1 is 0.766 bits per heavy atom. The van der Waals surface area contributed by atoms with E-state index >= 15 is 0 Å². The maximum absolute atomic E-state index is 13.8. The van der Waals surface area contributed by atoms with E-state index in [9.17, 15) is 19.2 Å². The summed E-state index contributed by atoms with van der Waals surface area (Å²) >= 11 is 0. The van der Waals surface area contributed by atoms with Crippen LogP contribution in [-0.2, 0) is 27.2 Å². The standard InChI is InChI=1S/C38H47N3O6/c1-27-25-30(26-32(46-2)35(27)47-3)34(42)38(45)41-24-14-21-31(36(43)39-22-12-10-19-28-15-6-4-7-16-28)33(41)37(44)40-23-13-11-20-29-17-8-5-9-18-29/h4-9,15-18,25-26,31,33H,10-14,19-24H2,1-3H3,(H,39,43)(H,40,44). The number of likely N-dealkylation sites (tertiary alicyclic amines) is 1. The van der Waals surface area contributed by atoms with Crippen LogP contribution in [0.15, 0.2) is 72.8 Å². The second-order valence-corrected chi connectivity index (χ2v) is 12.0. The molecule has 2 unspecified atom stereocenters. The molecule has 250 valence electrons. The molecule has 9 nitrogen and oxygen atoms in total. The van der Waals surface area contributed by atoms with Crippen molar-refractivity contribution in [1.29, 1.82) is 0 Å². The topological polar surface area (TPSA) is 114 Å². The Kier molecular flexibility index (Phi) is 13.4. The average molecular weight is 642 g/mol. The number of benzene rings is 3. The minimum Gasteiger partial charge on any atom is -0.493 e. The quantitative estimate of drug-likeness (QED) is 0.128. The van der Waals surface area contributed by atoms with Crippen molar-refractivity contribution in [2.75, 3.05) is 33.9 Å². The van der Waals surface area contributed by atoms with Gasteiger partial charge >= 0.3 is 0 Å². The first-order valence-corrected chi connectivity index (χ1v) is 16.5. The molecule has 0 radical (unpaired) electrons. The Bertz CT molecular complexity index is 1490. The number of rotatable bonds is 16. The third-order valence-electron chi connectivity index (χ3n) is 8.69. The zero-order valence-corrected chi connectivity index (χ0v) is 27.8. The number of methoxy groups -OCH3 is 2. The van der Waals surface area contributed by atoms with Gasteiger partial charge in [0.15, 0.2) is 11.5 Å². The minimum atomic E-state index is -1.10. The SMILES string of the molecule is COc1cc(C(=O)C(=O)N2CCCC(C(=O)NCCCCc3ccccc3)C2C(=O)NCCCCc2ccccc2)cc(C)c1OC. The first kappa shape index (κ1) is 35.2. The summed E-state index contributed by atoms with van der Waals surface area (Å²) < 4.78 is 10.8. The van der Waals surface area contributed by atoms with Gasteiger partial charge in [-0.1, -0.05) is 60.7 Å². The van der Waals surface area contributed by atoms with Gasteiger partial charge in [-0.05, 0) is 87.1 Å². The Labute approximate surface area is 278 Å². The van der Waals surface area contributed by atoms with E-state index in [0.717, 1.165) is 38.5 Å². The fraction of sp³-hybridized carbons (Fsp3) is 0.421. The number of hydrogen-bond acceptors (Lipinski definition) is 6. The van der Waals surface area contributed by atoms with Crippen LogP contribution >= 0.6 is 0 Å². The molecule has 0 aliphatic carbocycles. The predicted octanol–water partition coefficient (Wildman–Crippen LogP) is 5.08. The monoisotopic (exact) mass is 641 g/mol. The fourth-order valence-electron chi connectivity index (χ4n) is 6.22. The molecule has 0 aromatic heterocycles. The summed E-state index contributed by atoms with van der Waals surface area (Å²) in [6, 6.07) is 22.3. The molecule has 2 N–H and O–H groups in total. The van der Waals surface area contributed by atoms with Gasteiger partial charge in [0.05, 0.1) is 20.1 Å². The zero-order chi connectivity index (χ0) is 33.6. The minimum absolute atomic E-state index is 0.134. The number of carbonyl (C=O) groups excluding carboxylic acids is 4. The lowest BCUT2D eigenvalue weighted by Crippen LogP contribution is -2.60. The summed E-state index contributed by atoms with van der Waals surface area (Å²) in [7, 11) is 2.97. The molecule has 0 bridgehead atoms. The lowest BCUT2D eigenvalue weighted by atomic mass is 9.86. The summed E-state index contributed by atoms with van der Waals surface area (Å²) in [4.78, 5) is 56.0. The van der Waals surface area contributed by atoms with Gasteiger partial charge in [-0.2, -0.15) is 0 Å². The molecule has 4 rings (SSSR count). The number of unbranched alkanes of at least 4 members (excludes halogenated alkanes) is 2. The van der Waals surface area contributed by atoms with Crippen molar-refractivity contribution in [3.05, 3.63) is 95.1 Å². The zero-order valence-electron chi connectivity index (χ0n) is 27.8. The van der Waals surface area contributed by atoms with Crippen LogP contribution in [0.3, 0.4) is 0 Å². The highest BCUT2D eigenvalue weighted by Gasteiger charge is 2.44. The molecule has 9 heteroatoms. The Morgan fingerprint density at radius 2 is 1.34 bits per heavy atom. The normalized spacial score (nSPS) is 15.9. The smallest absolute Gasteiger partial charge is 0.295 e. The number of ether oxygens (including phenoxy) is 2. The Hall–Kier alpha value is -4.66. The molecule has 3 aromatic carbocycles. The van der Waals surface area contributed by atoms with E-state index in [1.165, 1.54) is 36.3 Å². The molecule has 2 atom stereocenters. The second-order valence-electron chi connectivity index (χ2n) is 12.0. The van der Waals surface area contributed by atoms with E-state index in [1.54, 1.807) is 13.0 Å². The van der Waals surface area contributed by atoms with Crippen molar-refractivity contribution < 1.29 is 28.7 Å². The van der Waals surface area contributed by atoms with Gasteiger partial charge in [0, 0.05) is 25.2 Å². The molecular weight excluding hydrogens is 594 g/mol. The van der Waals surface area contributed by atoms with Gasteiger partial charge in [0.1, 0.15) is 6.04 Å². The van der Waals surface area contributed by atoms with Crippen LogP contribution in [-0.4, -0.2) is 68.3 Å². The van der Waals surface area contributed by atoms with Gasteiger partial charge in [0.2, 0.25) is 11.8 Å². The molecule has 1 fully saturated rings. The highest BCUT2D eigenvalue weighted by Crippen LogP contribution is 2.33. The Morgan fingerprint density at radius 3 is 1.89 bits per heavy atom. The molecule has 1 heterocycles. The van der Waals surface area contributed by atoms with E-state index in [1.807, 2.05) is 36.4 Å². The fourth-order valence-corrected chi connectivity index (χ4v) is 6.22. The van der Waals surface area contributed by atoms with Crippen LogP contribution in [0.25, 0.3) is 0 Å². The van der Waals surface area contributed by atoms with Gasteiger partial charge in [-0.3, -0.25) is 19.2 Å². The molecule has 47 heavy (non-hydrogen) atoms. The van der Waals surface area contributed by atoms with Gasteiger partial charge in [0.25, 0.3) is 11.7 Å². The molecule has 0 spiro atoms. The molecule has 3 amide bonds. The number of ketones is 1. The molecule has 1 aliphatic rings. The van der Waals surface area contributed by atoms with Crippen LogP contribution in [0.2, 0.25) is 0 Å². The predicted molar refractivity (Wildman–Crippen MR) is 182 cm³/mol. The lowest BCUT2D eigenvalue weighted by Gasteiger charge is -2.39.